The molecule has 0 aliphatic carbocycles. The standard InChI is InChI=1S/C21H21N3O4/c1-14-20(15(2)24(23-14)12-16-6-4-3-5-7-16)21(27)28-13-19(26)22-17-8-10-18(25)11-9-17/h3-11,25H,12-13H2,1-2H3,(H,22,26). The molecule has 0 spiro atoms. The van der Waals surface area contributed by atoms with Gasteiger partial charge in [0.1, 0.15) is 11.3 Å². The van der Waals surface area contributed by atoms with Crippen molar-refractivity contribution in [2.24, 2.45) is 0 Å². The van der Waals surface area contributed by atoms with Crippen molar-refractivity contribution in [1.29, 1.82) is 0 Å². The lowest BCUT2D eigenvalue weighted by Crippen LogP contribution is -2.21. The SMILES string of the molecule is Cc1nn(Cc2ccccc2)c(C)c1C(=O)OCC(=O)Nc1ccc(O)cc1. The van der Waals surface area contributed by atoms with Crippen molar-refractivity contribution >= 4 is 17.6 Å². The Bertz CT molecular complexity index is 979. The predicted molar refractivity (Wildman–Crippen MR) is 104 cm³/mol. The molecule has 0 saturated carbocycles. The maximum absolute atomic E-state index is 12.5. The molecular formula is C21H21N3O4. The molecule has 2 aromatic carbocycles. The molecule has 0 aliphatic heterocycles. The summed E-state index contributed by atoms with van der Waals surface area (Å²) >= 11 is 0. The molecule has 0 atom stereocenters. The number of anilines is 1. The average Bonchev–Trinajstić information content (AvgIpc) is 2.96. The fourth-order valence-corrected chi connectivity index (χ4v) is 2.85. The van der Waals surface area contributed by atoms with Gasteiger partial charge >= 0.3 is 5.97 Å². The largest absolute Gasteiger partial charge is 0.508 e. The number of rotatable bonds is 6. The van der Waals surface area contributed by atoms with E-state index in [0.29, 0.717) is 29.2 Å². The average molecular weight is 379 g/mol. The highest BCUT2D eigenvalue weighted by atomic mass is 16.5. The minimum absolute atomic E-state index is 0.0999. The Labute approximate surface area is 162 Å². The maximum atomic E-state index is 12.5. The zero-order chi connectivity index (χ0) is 20.1. The number of benzene rings is 2. The monoisotopic (exact) mass is 379 g/mol. The number of aromatic hydroxyl groups is 1. The summed E-state index contributed by atoms with van der Waals surface area (Å²) in [6.45, 7) is 3.67. The van der Waals surface area contributed by atoms with Crippen molar-refractivity contribution < 1.29 is 19.4 Å². The van der Waals surface area contributed by atoms with E-state index in [1.165, 1.54) is 12.1 Å². The summed E-state index contributed by atoms with van der Waals surface area (Å²) in [5.74, 6) is -0.955. The normalized spacial score (nSPS) is 10.5. The van der Waals surface area contributed by atoms with Gasteiger partial charge in [0.2, 0.25) is 0 Å². The summed E-state index contributed by atoms with van der Waals surface area (Å²) in [7, 11) is 0. The highest BCUT2D eigenvalue weighted by Crippen LogP contribution is 2.17. The molecule has 0 bridgehead atoms. The Balaban J connectivity index is 1.62. The van der Waals surface area contributed by atoms with Crippen LogP contribution < -0.4 is 5.32 Å². The minimum Gasteiger partial charge on any atom is -0.508 e. The number of hydrogen-bond acceptors (Lipinski definition) is 5. The molecule has 3 aromatic rings. The van der Waals surface area contributed by atoms with Crippen LogP contribution in [0.5, 0.6) is 5.75 Å². The molecular weight excluding hydrogens is 358 g/mol. The van der Waals surface area contributed by atoms with Crippen LogP contribution in [0.1, 0.15) is 27.3 Å². The number of phenolic OH excluding ortho intramolecular Hbond substituents is 1. The highest BCUT2D eigenvalue weighted by molar-refractivity contribution is 5.96. The van der Waals surface area contributed by atoms with Gasteiger partial charge in [0.25, 0.3) is 5.91 Å². The van der Waals surface area contributed by atoms with E-state index in [4.69, 9.17) is 4.74 Å². The Morgan fingerprint density at radius 3 is 2.43 bits per heavy atom. The Kier molecular flexibility index (Phi) is 5.74. The van der Waals surface area contributed by atoms with Crippen LogP contribution >= 0.6 is 0 Å². The number of esters is 1. The lowest BCUT2D eigenvalue weighted by atomic mass is 10.2. The molecule has 28 heavy (non-hydrogen) atoms. The highest BCUT2D eigenvalue weighted by Gasteiger charge is 2.21. The molecule has 3 rings (SSSR count). The number of amides is 1. The van der Waals surface area contributed by atoms with Crippen molar-refractivity contribution in [3.8, 4) is 5.75 Å². The van der Waals surface area contributed by atoms with Crippen molar-refractivity contribution in [3.05, 3.63) is 77.1 Å². The second kappa shape index (κ2) is 8.39. The second-order valence-corrected chi connectivity index (χ2v) is 6.36. The number of carbonyl (C=O) groups excluding carboxylic acids is 2. The van der Waals surface area contributed by atoms with Crippen LogP contribution in [0, 0.1) is 13.8 Å². The number of hydrogen-bond donors (Lipinski definition) is 2. The molecule has 1 heterocycles. The third kappa shape index (κ3) is 4.56. The molecule has 0 aliphatic rings. The van der Waals surface area contributed by atoms with Crippen LogP contribution in [-0.2, 0) is 16.1 Å². The Morgan fingerprint density at radius 2 is 1.75 bits per heavy atom. The zero-order valence-corrected chi connectivity index (χ0v) is 15.7. The summed E-state index contributed by atoms with van der Waals surface area (Å²) in [4.78, 5) is 24.4. The first-order valence-electron chi connectivity index (χ1n) is 8.78. The van der Waals surface area contributed by atoms with Gasteiger partial charge < -0.3 is 15.2 Å². The molecule has 0 unspecified atom stereocenters. The molecule has 0 saturated heterocycles. The van der Waals surface area contributed by atoms with E-state index < -0.39 is 18.5 Å². The van der Waals surface area contributed by atoms with Crippen molar-refractivity contribution in [1.82, 2.24) is 9.78 Å². The van der Waals surface area contributed by atoms with E-state index >= 15 is 0 Å². The van der Waals surface area contributed by atoms with E-state index in [2.05, 4.69) is 10.4 Å². The van der Waals surface area contributed by atoms with Gasteiger partial charge in [-0.05, 0) is 43.7 Å². The van der Waals surface area contributed by atoms with E-state index in [0.717, 1.165) is 5.56 Å². The molecule has 2 N–H and O–H groups in total. The summed E-state index contributed by atoms with van der Waals surface area (Å²) in [5.41, 5.74) is 3.18. The van der Waals surface area contributed by atoms with Crippen LogP contribution in [0.2, 0.25) is 0 Å². The van der Waals surface area contributed by atoms with E-state index in [1.807, 2.05) is 30.3 Å². The van der Waals surface area contributed by atoms with Gasteiger partial charge in [0.15, 0.2) is 6.61 Å². The van der Waals surface area contributed by atoms with Gasteiger partial charge in [0.05, 0.1) is 17.9 Å². The van der Waals surface area contributed by atoms with Crippen LogP contribution in [0.4, 0.5) is 5.69 Å². The number of nitrogens with one attached hydrogen (secondary N) is 1. The van der Waals surface area contributed by atoms with Crippen molar-refractivity contribution in [2.75, 3.05) is 11.9 Å². The smallest absolute Gasteiger partial charge is 0.342 e. The van der Waals surface area contributed by atoms with Crippen LogP contribution in [0.3, 0.4) is 0 Å². The van der Waals surface area contributed by atoms with Crippen molar-refractivity contribution in [3.63, 3.8) is 0 Å². The third-order valence-corrected chi connectivity index (χ3v) is 4.25. The third-order valence-electron chi connectivity index (χ3n) is 4.25. The minimum atomic E-state index is -0.588. The molecule has 1 amide bonds. The topological polar surface area (TPSA) is 93.5 Å². The quantitative estimate of drug-likeness (QED) is 0.507. The fraction of sp³-hybridized carbons (Fsp3) is 0.190. The van der Waals surface area contributed by atoms with Crippen LogP contribution in [-0.4, -0.2) is 33.4 Å². The van der Waals surface area contributed by atoms with Crippen LogP contribution in [0.15, 0.2) is 54.6 Å². The van der Waals surface area contributed by atoms with Crippen LogP contribution in [0.25, 0.3) is 0 Å². The first kappa shape index (κ1) is 19.2. The van der Waals surface area contributed by atoms with E-state index in [-0.39, 0.29) is 5.75 Å². The number of phenols is 1. The Hall–Kier alpha value is -3.61. The summed E-state index contributed by atoms with van der Waals surface area (Å²) in [6.07, 6.45) is 0. The van der Waals surface area contributed by atoms with Gasteiger partial charge in [-0.15, -0.1) is 0 Å². The lowest BCUT2D eigenvalue weighted by Gasteiger charge is -2.08. The number of ether oxygens (including phenoxy) is 1. The Morgan fingerprint density at radius 1 is 1.07 bits per heavy atom. The number of nitrogens with zero attached hydrogens (tertiary/aromatic N) is 2. The molecule has 1 aromatic heterocycles. The van der Waals surface area contributed by atoms with Crippen molar-refractivity contribution in [2.45, 2.75) is 20.4 Å². The predicted octanol–water partition coefficient (Wildman–Crippen LogP) is 3.05. The first-order valence-corrected chi connectivity index (χ1v) is 8.78. The van der Waals surface area contributed by atoms with Gasteiger partial charge in [-0.2, -0.15) is 5.10 Å². The lowest BCUT2D eigenvalue weighted by molar-refractivity contribution is -0.119. The molecule has 7 heteroatoms. The number of carbonyl (C=O) groups is 2. The first-order chi connectivity index (χ1) is 13.4. The van der Waals surface area contributed by atoms with Gasteiger partial charge in [0, 0.05) is 5.69 Å². The number of aryl methyl sites for hydroxylation is 1. The van der Waals surface area contributed by atoms with E-state index in [1.54, 1.807) is 30.7 Å². The molecule has 0 radical (unpaired) electrons. The molecule has 0 fully saturated rings. The summed E-state index contributed by atoms with van der Waals surface area (Å²) in [6, 6.07) is 15.8. The fourth-order valence-electron chi connectivity index (χ4n) is 2.85. The number of aromatic nitrogens is 2. The summed E-state index contributed by atoms with van der Waals surface area (Å²) in [5, 5.41) is 16.3. The second-order valence-electron chi connectivity index (χ2n) is 6.36. The van der Waals surface area contributed by atoms with Gasteiger partial charge in [-0.25, -0.2) is 4.79 Å². The zero-order valence-electron chi connectivity index (χ0n) is 15.7. The molecule has 144 valence electrons. The van der Waals surface area contributed by atoms with E-state index in [9.17, 15) is 14.7 Å². The molecule has 7 nitrogen and oxygen atoms in total. The maximum Gasteiger partial charge on any atom is 0.342 e. The van der Waals surface area contributed by atoms with Gasteiger partial charge in [-0.3, -0.25) is 9.48 Å². The van der Waals surface area contributed by atoms with Gasteiger partial charge in [-0.1, -0.05) is 30.3 Å². The summed E-state index contributed by atoms with van der Waals surface area (Å²) < 4.78 is 6.91.